The molecule has 1 unspecified atom stereocenters. The molecule has 0 aromatic carbocycles. The van der Waals surface area contributed by atoms with Crippen LogP contribution in [-0.2, 0) is 4.79 Å². The van der Waals surface area contributed by atoms with Crippen molar-refractivity contribution in [3.05, 3.63) is 36.8 Å². The maximum absolute atomic E-state index is 11.1. The molecule has 6 heteroatoms. The van der Waals surface area contributed by atoms with Crippen LogP contribution in [0.3, 0.4) is 0 Å². The number of hydrogen-bond acceptors (Lipinski definition) is 5. The second-order valence-corrected chi connectivity index (χ2v) is 5.11. The maximum atomic E-state index is 11.1. The molecule has 1 N–H and O–H groups in total. The van der Waals surface area contributed by atoms with Gasteiger partial charge in [-0.15, -0.1) is 0 Å². The molecule has 0 radical (unpaired) electrons. The zero-order valence-electron chi connectivity index (χ0n) is 11.9. The van der Waals surface area contributed by atoms with Crippen molar-refractivity contribution in [3.8, 4) is 11.3 Å². The van der Waals surface area contributed by atoms with Crippen LogP contribution in [0.15, 0.2) is 36.8 Å². The van der Waals surface area contributed by atoms with Crippen LogP contribution in [0.5, 0.6) is 0 Å². The summed E-state index contributed by atoms with van der Waals surface area (Å²) in [6, 6.07) is 5.92. The Kier molecular flexibility index (Phi) is 3.77. The van der Waals surface area contributed by atoms with E-state index in [0.29, 0.717) is 5.95 Å². The van der Waals surface area contributed by atoms with E-state index < -0.39 is 0 Å². The van der Waals surface area contributed by atoms with Gasteiger partial charge in [-0.3, -0.25) is 9.78 Å². The number of nitrogens with one attached hydrogen (secondary N) is 1. The van der Waals surface area contributed by atoms with Gasteiger partial charge in [0.1, 0.15) is 0 Å². The summed E-state index contributed by atoms with van der Waals surface area (Å²) in [5.74, 6) is 0.713. The highest BCUT2D eigenvalue weighted by molar-refractivity contribution is 5.73. The van der Waals surface area contributed by atoms with Crippen LogP contribution < -0.4 is 10.2 Å². The molecule has 21 heavy (non-hydrogen) atoms. The fourth-order valence-electron chi connectivity index (χ4n) is 2.53. The van der Waals surface area contributed by atoms with Crippen molar-refractivity contribution in [2.75, 3.05) is 18.0 Å². The second-order valence-electron chi connectivity index (χ2n) is 5.11. The lowest BCUT2D eigenvalue weighted by Crippen LogP contribution is -2.35. The van der Waals surface area contributed by atoms with E-state index in [-0.39, 0.29) is 11.9 Å². The maximum Gasteiger partial charge on any atom is 0.225 e. The molecule has 1 amide bonds. The van der Waals surface area contributed by atoms with E-state index in [4.69, 9.17) is 0 Å². The van der Waals surface area contributed by atoms with Crippen LogP contribution in [0.25, 0.3) is 11.3 Å². The summed E-state index contributed by atoms with van der Waals surface area (Å²) in [5.41, 5.74) is 1.90. The Bertz CT molecular complexity index is 631. The van der Waals surface area contributed by atoms with Gasteiger partial charge in [0.25, 0.3) is 0 Å². The van der Waals surface area contributed by atoms with Crippen molar-refractivity contribution in [1.29, 1.82) is 0 Å². The third-order valence-corrected chi connectivity index (χ3v) is 3.50. The molecule has 3 heterocycles. The first kappa shape index (κ1) is 13.5. The zero-order valence-corrected chi connectivity index (χ0v) is 11.9. The monoisotopic (exact) mass is 283 g/mol. The molecule has 108 valence electrons. The normalized spacial score (nSPS) is 17.8. The summed E-state index contributed by atoms with van der Waals surface area (Å²) >= 11 is 0. The molecule has 0 aliphatic carbocycles. The number of pyridine rings is 1. The van der Waals surface area contributed by atoms with E-state index in [9.17, 15) is 4.79 Å². The number of nitrogens with zero attached hydrogens (tertiary/aromatic N) is 4. The highest BCUT2D eigenvalue weighted by Gasteiger charge is 2.24. The third-order valence-electron chi connectivity index (χ3n) is 3.50. The van der Waals surface area contributed by atoms with E-state index in [1.54, 1.807) is 25.5 Å². The van der Waals surface area contributed by atoms with Crippen LogP contribution >= 0.6 is 0 Å². The molecule has 1 aliphatic heterocycles. The Morgan fingerprint density at radius 2 is 2.10 bits per heavy atom. The van der Waals surface area contributed by atoms with E-state index in [1.165, 1.54) is 0 Å². The van der Waals surface area contributed by atoms with Gasteiger partial charge in [0, 0.05) is 50.2 Å². The van der Waals surface area contributed by atoms with Gasteiger partial charge in [0.15, 0.2) is 0 Å². The van der Waals surface area contributed by atoms with Gasteiger partial charge in [0.2, 0.25) is 11.9 Å². The van der Waals surface area contributed by atoms with Crippen LogP contribution in [0.1, 0.15) is 13.3 Å². The zero-order chi connectivity index (χ0) is 14.7. The molecule has 1 saturated heterocycles. The van der Waals surface area contributed by atoms with Crippen molar-refractivity contribution < 1.29 is 4.79 Å². The van der Waals surface area contributed by atoms with Gasteiger partial charge in [-0.1, -0.05) is 0 Å². The summed E-state index contributed by atoms with van der Waals surface area (Å²) in [6.07, 6.45) is 6.19. The number of anilines is 1. The van der Waals surface area contributed by atoms with E-state index in [0.717, 1.165) is 30.8 Å². The average molecular weight is 283 g/mol. The molecular formula is C15H17N5O. The molecular weight excluding hydrogens is 266 g/mol. The van der Waals surface area contributed by atoms with Crippen molar-refractivity contribution in [2.24, 2.45) is 0 Å². The lowest BCUT2D eigenvalue weighted by Gasteiger charge is -2.17. The first-order valence-electron chi connectivity index (χ1n) is 6.98. The summed E-state index contributed by atoms with van der Waals surface area (Å²) in [5, 5.41) is 2.94. The van der Waals surface area contributed by atoms with Gasteiger partial charge in [0.05, 0.1) is 5.69 Å². The predicted molar refractivity (Wildman–Crippen MR) is 79.7 cm³/mol. The highest BCUT2D eigenvalue weighted by atomic mass is 16.1. The Hall–Kier alpha value is -2.50. The minimum atomic E-state index is 0.00769. The van der Waals surface area contributed by atoms with Gasteiger partial charge in [-0.25, -0.2) is 9.97 Å². The summed E-state index contributed by atoms with van der Waals surface area (Å²) in [7, 11) is 0. The Labute approximate surface area is 123 Å². The molecule has 0 saturated carbocycles. The third kappa shape index (κ3) is 3.16. The molecule has 0 spiro atoms. The van der Waals surface area contributed by atoms with E-state index in [2.05, 4.69) is 25.2 Å². The Morgan fingerprint density at radius 1 is 1.29 bits per heavy atom. The molecule has 2 aromatic rings. The number of carbonyl (C=O) groups is 1. The average Bonchev–Trinajstić information content (AvgIpc) is 2.96. The van der Waals surface area contributed by atoms with Gasteiger partial charge >= 0.3 is 0 Å². The Balaban J connectivity index is 1.77. The quantitative estimate of drug-likeness (QED) is 0.918. The van der Waals surface area contributed by atoms with Crippen molar-refractivity contribution in [1.82, 2.24) is 20.3 Å². The van der Waals surface area contributed by atoms with Crippen LogP contribution in [-0.4, -0.2) is 40.0 Å². The molecule has 3 rings (SSSR count). The SMILES string of the molecule is CC(=O)NC1CCN(c2nccc(-c3ccncc3)n2)C1. The van der Waals surface area contributed by atoms with Gasteiger partial charge in [-0.2, -0.15) is 0 Å². The van der Waals surface area contributed by atoms with Crippen LogP contribution in [0.4, 0.5) is 5.95 Å². The topological polar surface area (TPSA) is 71.0 Å². The first-order valence-corrected chi connectivity index (χ1v) is 6.98. The van der Waals surface area contributed by atoms with Gasteiger partial charge < -0.3 is 10.2 Å². The number of carbonyl (C=O) groups excluding carboxylic acids is 1. The van der Waals surface area contributed by atoms with Crippen LogP contribution in [0.2, 0.25) is 0 Å². The summed E-state index contributed by atoms with van der Waals surface area (Å²) in [6.45, 7) is 3.15. The second kappa shape index (κ2) is 5.87. The van der Waals surface area contributed by atoms with Crippen molar-refractivity contribution >= 4 is 11.9 Å². The van der Waals surface area contributed by atoms with Crippen LogP contribution in [0, 0.1) is 0 Å². The molecule has 2 aromatic heterocycles. The Morgan fingerprint density at radius 3 is 2.86 bits per heavy atom. The summed E-state index contributed by atoms with van der Waals surface area (Å²) in [4.78, 5) is 26.2. The van der Waals surface area contributed by atoms with Crippen molar-refractivity contribution in [2.45, 2.75) is 19.4 Å². The number of rotatable bonds is 3. The number of hydrogen-bond donors (Lipinski definition) is 1. The minimum absolute atomic E-state index is 0.00769. The fourth-order valence-corrected chi connectivity index (χ4v) is 2.53. The molecule has 1 fully saturated rings. The summed E-state index contributed by atoms with van der Waals surface area (Å²) < 4.78 is 0. The van der Waals surface area contributed by atoms with Crippen molar-refractivity contribution in [3.63, 3.8) is 0 Å². The fraction of sp³-hybridized carbons (Fsp3) is 0.333. The lowest BCUT2D eigenvalue weighted by molar-refractivity contribution is -0.119. The minimum Gasteiger partial charge on any atom is -0.352 e. The standard InChI is InChI=1S/C15H17N5O/c1-11(21)18-13-5-9-20(10-13)15-17-8-4-14(19-15)12-2-6-16-7-3-12/h2-4,6-8,13H,5,9-10H2,1H3,(H,18,21). The molecule has 1 atom stereocenters. The van der Waals surface area contributed by atoms with E-state index in [1.807, 2.05) is 18.2 Å². The van der Waals surface area contributed by atoms with Gasteiger partial charge in [-0.05, 0) is 24.6 Å². The highest BCUT2D eigenvalue weighted by Crippen LogP contribution is 2.20. The molecule has 0 bridgehead atoms. The smallest absolute Gasteiger partial charge is 0.225 e. The molecule has 6 nitrogen and oxygen atoms in total. The molecule has 1 aliphatic rings. The lowest BCUT2D eigenvalue weighted by atomic mass is 10.2. The first-order chi connectivity index (χ1) is 10.2. The van der Waals surface area contributed by atoms with E-state index >= 15 is 0 Å². The largest absolute Gasteiger partial charge is 0.352 e. The number of amides is 1. The number of aromatic nitrogens is 3. The predicted octanol–water partition coefficient (Wildman–Crippen LogP) is 1.25.